The average Bonchev–Trinajstić information content (AvgIpc) is 1.97. The molecule has 0 bridgehead atoms. The number of carbonyl (C=O) groups is 1. The number of hydrogen-bond donors (Lipinski definition) is 2. The van der Waals surface area contributed by atoms with Crippen LogP contribution in [0.15, 0.2) is 0 Å². The second kappa shape index (κ2) is 6.18. The van der Waals surface area contributed by atoms with Crippen molar-refractivity contribution in [2.45, 2.75) is 12.5 Å². The second-order valence-corrected chi connectivity index (χ2v) is 4.97. The Morgan fingerprint density at radius 1 is 1.50 bits per heavy atom. The van der Waals surface area contributed by atoms with Crippen LogP contribution in [0.1, 0.15) is 6.42 Å². The Morgan fingerprint density at radius 2 is 1.93 bits per heavy atom. The normalized spacial score (nSPS) is 13.4. The van der Waals surface area contributed by atoms with Gasteiger partial charge in [-0.25, -0.2) is 12.7 Å². The third-order valence-electron chi connectivity index (χ3n) is 1.69. The van der Waals surface area contributed by atoms with Crippen LogP contribution in [0.2, 0.25) is 0 Å². The molecule has 0 aromatic heterocycles. The first-order valence-electron chi connectivity index (χ1n) is 3.71. The summed E-state index contributed by atoms with van der Waals surface area (Å²) in [5.74, 6) is -0.623. The lowest BCUT2D eigenvalue weighted by molar-refractivity contribution is -0.119. The van der Waals surface area contributed by atoms with Crippen LogP contribution in [0.4, 0.5) is 0 Å². The lowest BCUT2D eigenvalue weighted by atomic mass is 10.2. The highest BCUT2D eigenvalue weighted by molar-refractivity contribution is 7.88. The van der Waals surface area contributed by atoms with Crippen molar-refractivity contribution in [1.82, 2.24) is 4.31 Å². The summed E-state index contributed by atoms with van der Waals surface area (Å²) in [6, 6.07) is -0.788. The molecule has 8 heteroatoms. The van der Waals surface area contributed by atoms with Crippen LogP contribution >= 0.6 is 12.4 Å². The molecule has 0 saturated heterocycles. The van der Waals surface area contributed by atoms with E-state index in [1.165, 1.54) is 7.05 Å². The molecule has 0 aromatic carbocycles. The Hall–Kier alpha value is -0.370. The van der Waals surface area contributed by atoms with E-state index in [1.807, 2.05) is 0 Å². The summed E-state index contributed by atoms with van der Waals surface area (Å²) in [6.07, 6.45) is 1.32. The molecule has 0 saturated carbocycles. The third-order valence-corrected chi connectivity index (χ3v) is 3.00. The van der Waals surface area contributed by atoms with Gasteiger partial charge in [-0.1, -0.05) is 0 Å². The lowest BCUT2D eigenvalue weighted by Crippen LogP contribution is -2.39. The highest BCUT2D eigenvalue weighted by Gasteiger charge is 2.14. The maximum Gasteiger partial charge on any atom is 0.234 e. The number of hydrogen-bond acceptors (Lipinski definition) is 4. The molecule has 86 valence electrons. The number of rotatable bonds is 5. The molecular formula is C6H16ClN3O3S. The molecule has 4 N–H and O–H groups in total. The Labute approximate surface area is 90.1 Å². The minimum Gasteiger partial charge on any atom is -0.368 e. The van der Waals surface area contributed by atoms with E-state index in [1.54, 1.807) is 0 Å². The minimum absolute atomic E-state index is 0. The molecule has 0 heterocycles. The van der Waals surface area contributed by atoms with E-state index in [-0.39, 0.29) is 25.4 Å². The first-order chi connectivity index (χ1) is 5.75. The van der Waals surface area contributed by atoms with E-state index >= 15 is 0 Å². The van der Waals surface area contributed by atoms with Gasteiger partial charge in [0.1, 0.15) is 0 Å². The van der Waals surface area contributed by atoms with Crippen LogP contribution in [0.25, 0.3) is 0 Å². The first kappa shape index (κ1) is 16.1. The van der Waals surface area contributed by atoms with Gasteiger partial charge < -0.3 is 11.5 Å². The van der Waals surface area contributed by atoms with Gasteiger partial charge in [-0.15, -0.1) is 12.4 Å². The van der Waals surface area contributed by atoms with Crippen LogP contribution in [-0.4, -0.2) is 44.5 Å². The van der Waals surface area contributed by atoms with Crippen molar-refractivity contribution in [2.24, 2.45) is 11.5 Å². The van der Waals surface area contributed by atoms with Gasteiger partial charge in [0.2, 0.25) is 15.9 Å². The smallest absolute Gasteiger partial charge is 0.234 e. The molecule has 0 aliphatic rings. The second-order valence-electron chi connectivity index (χ2n) is 2.88. The summed E-state index contributed by atoms with van der Waals surface area (Å²) < 4.78 is 22.9. The van der Waals surface area contributed by atoms with Crippen LogP contribution in [-0.2, 0) is 14.8 Å². The fourth-order valence-corrected chi connectivity index (χ4v) is 1.07. The summed E-state index contributed by atoms with van der Waals surface area (Å²) in [7, 11) is -1.78. The highest BCUT2D eigenvalue weighted by atomic mass is 35.5. The van der Waals surface area contributed by atoms with Crippen molar-refractivity contribution < 1.29 is 13.2 Å². The fraction of sp³-hybridized carbons (Fsp3) is 0.833. The summed E-state index contributed by atoms with van der Waals surface area (Å²) in [6.45, 7) is 0.197. The molecule has 1 atom stereocenters. The Kier molecular flexibility index (Phi) is 7.09. The van der Waals surface area contributed by atoms with Gasteiger partial charge in [0, 0.05) is 13.6 Å². The number of halogens is 1. The minimum atomic E-state index is -3.20. The topological polar surface area (TPSA) is 106 Å². The van der Waals surface area contributed by atoms with Crippen LogP contribution < -0.4 is 11.5 Å². The molecule has 1 unspecified atom stereocenters. The maximum atomic E-state index is 10.9. The van der Waals surface area contributed by atoms with Gasteiger partial charge in [-0.2, -0.15) is 0 Å². The summed E-state index contributed by atoms with van der Waals surface area (Å²) in [5, 5.41) is 0. The van der Waals surface area contributed by atoms with Crippen molar-refractivity contribution >= 4 is 28.3 Å². The average molecular weight is 246 g/mol. The van der Waals surface area contributed by atoms with Crippen LogP contribution in [0.5, 0.6) is 0 Å². The van der Waals surface area contributed by atoms with Gasteiger partial charge in [-0.3, -0.25) is 4.79 Å². The van der Waals surface area contributed by atoms with Crippen molar-refractivity contribution in [3.05, 3.63) is 0 Å². The summed E-state index contributed by atoms with van der Waals surface area (Å²) in [4.78, 5) is 10.5. The number of primary amides is 1. The van der Waals surface area contributed by atoms with E-state index in [2.05, 4.69) is 0 Å². The zero-order valence-electron chi connectivity index (χ0n) is 8.13. The molecule has 0 radical (unpaired) electrons. The largest absolute Gasteiger partial charge is 0.368 e. The van der Waals surface area contributed by atoms with Crippen molar-refractivity contribution in [2.75, 3.05) is 19.8 Å². The summed E-state index contributed by atoms with van der Waals surface area (Å²) >= 11 is 0. The lowest BCUT2D eigenvalue weighted by Gasteiger charge is -2.15. The molecule has 0 aliphatic heterocycles. The van der Waals surface area contributed by atoms with Crippen molar-refractivity contribution in [3.8, 4) is 0 Å². The van der Waals surface area contributed by atoms with E-state index in [0.29, 0.717) is 0 Å². The zero-order valence-corrected chi connectivity index (χ0v) is 9.77. The Balaban J connectivity index is 0. The molecule has 14 heavy (non-hydrogen) atoms. The molecule has 0 aliphatic carbocycles. The number of sulfonamides is 1. The van der Waals surface area contributed by atoms with Crippen molar-refractivity contribution in [1.29, 1.82) is 0 Å². The SMILES string of the molecule is CN(CCC(N)C(N)=O)S(C)(=O)=O.Cl. The van der Waals surface area contributed by atoms with Gasteiger partial charge in [0.15, 0.2) is 0 Å². The van der Waals surface area contributed by atoms with Gasteiger partial charge in [0.05, 0.1) is 12.3 Å². The monoisotopic (exact) mass is 245 g/mol. The molecule has 6 nitrogen and oxygen atoms in total. The van der Waals surface area contributed by atoms with Gasteiger partial charge in [-0.05, 0) is 6.42 Å². The van der Waals surface area contributed by atoms with Gasteiger partial charge in [0.25, 0.3) is 0 Å². The predicted octanol–water partition coefficient (Wildman–Crippen LogP) is -1.50. The fourth-order valence-electron chi connectivity index (χ4n) is 0.629. The molecule has 0 spiro atoms. The predicted molar refractivity (Wildman–Crippen MR) is 56.5 cm³/mol. The quantitative estimate of drug-likeness (QED) is 0.615. The Bertz CT molecular complexity index is 280. The van der Waals surface area contributed by atoms with E-state index in [0.717, 1.165) is 10.6 Å². The van der Waals surface area contributed by atoms with Crippen LogP contribution in [0, 0.1) is 0 Å². The molecule has 0 fully saturated rings. The Morgan fingerprint density at radius 3 is 2.21 bits per heavy atom. The van der Waals surface area contributed by atoms with Crippen molar-refractivity contribution in [3.63, 3.8) is 0 Å². The van der Waals surface area contributed by atoms with Gasteiger partial charge >= 0.3 is 0 Å². The molecule has 0 aromatic rings. The van der Waals surface area contributed by atoms with E-state index < -0.39 is 22.0 Å². The number of carbonyl (C=O) groups excluding carboxylic acids is 1. The number of amides is 1. The van der Waals surface area contributed by atoms with E-state index in [4.69, 9.17) is 11.5 Å². The molecule has 1 amide bonds. The third kappa shape index (κ3) is 6.14. The number of nitrogens with zero attached hydrogens (tertiary/aromatic N) is 1. The van der Waals surface area contributed by atoms with Crippen LogP contribution in [0.3, 0.4) is 0 Å². The first-order valence-corrected chi connectivity index (χ1v) is 5.56. The highest BCUT2D eigenvalue weighted by Crippen LogP contribution is 1.96. The standard InChI is InChI=1S/C6H15N3O3S.ClH/c1-9(13(2,11)12)4-3-5(7)6(8)10;/h5H,3-4,7H2,1-2H3,(H2,8,10);1H. The maximum absolute atomic E-state index is 10.9. The molecule has 0 rings (SSSR count). The van der Waals surface area contributed by atoms with E-state index in [9.17, 15) is 13.2 Å². The zero-order chi connectivity index (χ0) is 10.6. The molecular weight excluding hydrogens is 230 g/mol. The number of nitrogens with two attached hydrogens (primary N) is 2. The summed E-state index contributed by atoms with van der Waals surface area (Å²) in [5.41, 5.74) is 10.2.